The summed E-state index contributed by atoms with van der Waals surface area (Å²) in [7, 11) is -1.83. The molecule has 1 unspecified atom stereocenters. The maximum atomic E-state index is 11.9. The van der Waals surface area contributed by atoms with Crippen molar-refractivity contribution in [3.63, 3.8) is 0 Å². The van der Waals surface area contributed by atoms with E-state index in [0.717, 1.165) is 43.8 Å². The maximum absolute atomic E-state index is 11.9. The number of hydrogen-bond acceptors (Lipinski definition) is 7. The summed E-state index contributed by atoms with van der Waals surface area (Å²) in [5, 5.41) is 0. The SMILES string of the molecule is CCCCOC[C@@]1(C#C[Si](CC)(CC)CC)OC(OC(C)=O)[C@H](OC(C)=O)[C@@H]1OCCCC. The van der Waals surface area contributed by atoms with Crippen LogP contribution in [-0.2, 0) is 33.3 Å². The molecule has 1 aliphatic heterocycles. The van der Waals surface area contributed by atoms with Gasteiger partial charge in [0.1, 0.15) is 14.2 Å². The van der Waals surface area contributed by atoms with E-state index in [0.29, 0.717) is 13.2 Å². The Hall–Kier alpha value is -1.40. The second kappa shape index (κ2) is 14.8. The van der Waals surface area contributed by atoms with Crippen LogP contribution in [0.15, 0.2) is 0 Å². The topological polar surface area (TPSA) is 80.3 Å². The molecule has 0 radical (unpaired) electrons. The molecule has 0 saturated carbocycles. The number of ether oxygens (including phenoxy) is 5. The molecule has 33 heavy (non-hydrogen) atoms. The molecule has 1 fully saturated rings. The van der Waals surface area contributed by atoms with Crippen LogP contribution in [0, 0.1) is 11.5 Å². The molecule has 0 bridgehead atoms. The van der Waals surface area contributed by atoms with Gasteiger partial charge in [-0.15, -0.1) is 5.54 Å². The molecule has 0 amide bonds. The number of esters is 2. The molecule has 1 heterocycles. The standard InChI is InChI=1S/C25H44O7Si/c1-8-13-16-28-19-25(15-18-33(10-3,11-4)12-5)23(29-17-14-9-2)22(30-20(6)26)24(32-25)31-21(7)27/h22-24H,8-14,16-17,19H2,1-7H3/t22-,23+,24?,25-/m1/s1. The fraction of sp³-hybridized carbons (Fsp3) is 0.840. The van der Waals surface area contributed by atoms with Gasteiger partial charge in [-0.05, 0) is 31.0 Å². The molecule has 0 aromatic rings. The molecule has 190 valence electrons. The number of carbonyl (C=O) groups is 2. The van der Waals surface area contributed by atoms with Gasteiger partial charge in [0, 0.05) is 27.1 Å². The zero-order chi connectivity index (χ0) is 24.9. The molecule has 0 N–H and O–H groups in total. The molecule has 0 aromatic heterocycles. The van der Waals surface area contributed by atoms with E-state index in [2.05, 4.69) is 46.1 Å². The Morgan fingerprint density at radius 2 is 1.48 bits per heavy atom. The predicted octanol–water partition coefficient (Wildman–Crippen LogP) is 4.63. The molecule has 4 atom stereocenters. The van der Waals surface area contributed by atoms with Crippen molar-refractivity contribution in [3.05, 3.63) is 0 Å². The molecule has 8 heteroatoms. The molecule has 7 nitrogen and oxygen atoms in total. The Kier molecular flexibility index (Phi) is 13.3. The molecule has 0 aromatic carbocycles. The van der Waals surface area contributed by atoms with Gasteiger partial charge in [-0.1, -0.05) is 53.4 Å². The van der Waals surface area contributed by atoms with Crippen molar-refractivity contribution in [2.45, 2.75) is 116 Å². The summed E-state index contributed by atoms with van der Waals surface area (Å²) in [5.74, 6) is 2.38. The van der Waals surface area contributed by atoms with Crippen LogP contribution in [-0.4, -0.2) is 63.9 Å². The van der Waals surface area contributed by atoms with Crippen LogP contribution in [0.25, 0.3) is 0 Å². The van der Waals surface area contributed by atoms with Gasteiger partial charge < -0.3 is 23.7 Å². The van der Waals surface area contributed by atoms with Crippen molar-refractivity contribution in [1.29, 1.82) is 0 Å². The summed E-state index contributed by atoms with van der Waals surface area (Å²) < 4.78 is 29.6. The van der Waals surface area contributed by atoms with Gasteiger partial charge in [0.15, 0.2) is 11.7 Å². The molecule has 1 saturated heterocycles. The highest BCUT2D eigenvalue weighted by Crippen LogP contribution is 2.37. The third kappa shape index (κ3) is 8.71. The highest BCUT2D eigenvalue weighted by atomic mass is 28.3. The van der Waals surface area contributed by atoms with Crippen LogP contribution in [0.4, 0.5) is 0 Å². The van der Waals surface area contributed by atoms with Gasteiger partial charge in [0.2, 0.25) is 6.29 Å². The number of carbonyl (C=O) groups excluding carboxylic acids is 2. The van der Waals surface area contributed by atoms with Crippen LogP contribution in [0.3, 0.4) is 0 Å². The molecular formula is C25H44O7Si. The normalized spacial score (nSPS) is 24.8. The predicted molar refractivity (Wildman–Crippen MR) is 130 cm³/mol. The lowest BCUT2D eigenvalue weighted by atomic mass is 9.96. The highest BCUT2D eigenvalue weighted by molar-refractivity contribution is 6.87. The minimum Gasteiger partial charge on any atom is -0.453 e. The van der Waals surface area contributed by atoms with E-state index in [1.54, 1.807) is 0 Å². The summed E-state index contributed by atoms with van der Waals surface area (Å²) in [6, 6.07) is 3.09. The van der Waals surface area contributed by atoms with Gasteiger partial charge in [-0.2, -0.15) is 0 Å². The first-order valence-corrected chi connectivity index (χ1v) is 15.1. The van der Waals surface area contributed by atoms with Crippen molar-refractivity contribution >= 4 is 20.0 Å². The van der Waals surface area contributed by atoms with Gasteiger partial charge in [-0.25, -0.2) is 0 Å². The number of unbranched alkanes of at least 4 members (excludes halogenated alkanes) is 2. The van der Waals surface area contributed by atoms with E-state index < -0.39 is 44.1 Å². The van der Waals surface area contributed by atoms with Crippen LogP contribution < -0.4 is 0 Å². The Morgan fingerprint density at radius 3 is 2.00 bits per heavy atom. The Morgan fingerprint density at radius 1 is 0.909 bits per heavy atom. The van der Waals surface area contributed by atoms with Crippen molar-refractivity contribution in [3.8, 4) is 11.5 Å². The quantitative estimate of drug-likeness (QED) is 0.154. The average Bonchev–Trinajstić information content (AvgIpc) is 3.04. The minimum atomic E-state index is -1.83. The van der Waals surface area contributed by atoms with E-state index >= 15 is 0 Å². The summed E-state index contributed by atoms with van der Waals surface area (Å²) in [6.07, 6.45) is 0.921. The second-order valence-electron chi connectivity index (χ2n) is 8.70. The monoisotopic (exact) mass is 484 g/mol. The molecule has 0 spiro atoms. The minimum absolute atomic E-state index is 0.147. The lowest BCUT2D eigenvalue weighted by Crippen LogP contribution is -2.49. The third-order valence-corrected chi connectivity index (χ3v) is 11.0. The first-order chi connectivity index (χ1) is 15.7. The number of rotatable bonds is 14. The van der Waals surface area contributed by atoms with Gasteiger partial charge in [0.25, 0.3) is 0 Å². The molecule has 0 aliphatic carbocycles. The van der Waals surface area contributed by atoms with E-state index in [1.165, 1.54) is 13.8 Å². The summed E-state index contributed by atoms with van der Waals surface area (Å²) >= 11 is 0. The smallest absolute Gasteiger partial charge is 0.305 e. The largest absolute Gasteiger partial charge is 0.453 e. The Balaban J connectivity index is 3.51. The first-order valence-electron chi connectivity index (χ1n) is 12.5. The van der Waals surface area contributed by atoms with Crippen molar-refractivity contribution < 1.29 is 33.3 Å². The van der Waals surface area contributed by atoms with Crippen molar-refractivity contribution in [1.82, 2.24) is 0 Å². The molecule has 1 aliphatic rings. The Bertz CT molecular complexity index is 659. The van der Waals surface area contributed by atoms with Crippen molar-refractivity contribution in [2.75, 3.05) is 19.8 Å². The number of hydrogen-bond donors (Lipinski definition) is 0. The fourth-order valence-corrected chi connectivity index (χ4v) is 6.38. The van der Waals surface area contributed by atoms with Gasteiger partial charge >= 0.3 is 11.9 Å². The lowest BCUT2D eigenvalue weighted by molar-refractivity contribution is -0.202. The summed E-state index contributed by atoms with van der Waals surface area (Å²) in [5.41, 5.74) is 2.40. The average molecular weight is 485 g/mol. The molecular weight excluding hydrogens is 440 g/mol. The van der Waals surface area contributed by atoms with E-state index in [9.17, 15) is 9.59 Å². The van der Waals surface area contributed by atoms with E-state index in [4.69, 9.17) is 23.7 Å². The second-order valence-corrected chi connectivity index (χ2v) is 13.6. The Labute approximate surface area is 201 Å². The maximum Gasteiger partial charge on any atom is 0.305 e. The highest BCUT2D eigenvalue weighted by Gasteiger charge is 2.59. The van der Waals surface area contributed by atoms with Crippen LogP contribution in [0.1, 0.15) is 74.1 Å². The zero-order valence-corrected chi connectivity index (χ0v) is 22.7. The van der Waals surface area contributed by atoms with Crippen LogP contribution in [0.2, 0.25) is 18.1 Å². The summed E-state index contributed by atoms with van der Waals surface area (Å²) in [6.45, 7) is 14.5. The van der Waals surface area contributed by atoms with Crippen molar-refractivity contribution in [2.24, 2.45) is 0 Å². The fourth-order valence-electron chi connectivity index (χ4n) is 3.87. The zero-order valence-electron chi connectivity index (χ0n) is 21.7. The lowest BCUT2D eigenvalue weighted by Gasteiger charge is -2.31. The van der Waals surface area contributed by atoms with Gasteiger partial charge in [0.05, 0.1) is 6.61 Å². The van der Waals surface area contributed by atoms with E-state index in [1.807, 2.05) is 0 Å². The third-order valence-electron chi connectivity index (χ3n) is 6.26. The van der Waals surface area contributed by atoms with Crippen LogP contribution >= 0.6 is 0 Å². The van der Waals surface area contributed by atoms with Crippen LogP contribution in [0.5, 0.6) is 0 Å². The van der Waals surface area contributed by atoms with E-state index in [-0.39, 0.29) is 6.61 Å². The first kappa shape index (κ1) is 29.6. The molecule has 1 rings (SSSR count). The van der Waals surface area contributed by atoms with Gasteiger partial charge in [-0.3, -0.25) is 9.59 Å². The summed E-state index contributed by atoms with van der Waals surface area (Å²) in [4.78, 5) is 23.8.